The Hall–Kier alpha value is -0.870. The summed E-state index contributed by atoms with van der Waals surface area (Å²) in [6.45, 7) is 9.06. The maximum atomic E-state index is 11.3. The Morgan fingerprint density at radius 1 is 1.44 bits per heavy atom. The summed E-state index contributed by atoms with van der Waals surface area (Å²) < 4.78 is 9.93. The fraction of sp³-hybridized carbons (Fsp3) is 0.750. The van der Waals surface area contributed by atoms with E-state index in [-0.39, 0.29) is 12.0 Å². The summed E-state index contributed by atoms with van der Waals surface area (Å²) in [4.78, 5) is 11.3. The van der Waals surface area contributed by atoms with E-state index in [2.05, 4.69) is 18.8 Å². The lowest BCUT2D eigenvalue weighted by atomic mass is 10.1. The van der Waals surface area contributed by atoms with Gasteiger partial charge in [0.2, 0.25) is 0 Å². The van der Waals surface area contributed by atoms with Crippen molar-refractivity contribution in [1.29, 1.82) is 0 Å². The van der Waals surface area contributed by atoms with Crippen LogP contribution in [0.3, 0.4) is 0 Å². The lowest BCUT2D eigenvalue weighted by Crippen LogP contribution is -2.35. The van der Waals surface area contributed by atoms with E-state index >= 15 is 0 Å². The predicted molar refractivity (Wildman–Crippen MR) is 64.3 cm³/mol. The highest BCUT2D eigenvalue weighted by molar-refractivity contribution is 5.88. The SMILES string of the molecule is C=C(CNC(CCC)COC)C(=O)OCC. The summed E-state index contributed by atoms with van der Waals surface area (Å²) in [5, 5.41) is 3.24. The Bertz CT molecular complexity index is 210. The Morgan fingerprint density at radius 2 is 2.12 bits per heavy atom. The second kappa shape index (κ2) is 9.36. The third-order valence-corrected chi connectivity index (χ3v) is 2.17. The minimum absolute atomic E-state index is 0.265. The number of rotatable bonds is 9. The Morgan fingerprint density at radius 3 is 2.62 bits per heavy atom. The van der Waals surface area contributed by atoms with Crippen LogP contribution in [0, 0.1) is 0 Å². The first kappa shape index (κ1) is 15.1. The topological polar surface area (TPSA) is 47.6 Å². The van der Waals surface area contributed by atoms with E-state index in [0.29, 0.717) is 25.3 Å². The van der Waals surface area contributed by atoms with E-state index < -0.39 is 0 Å². The molecule has 0 radical (unpaired) electrons. The van der Waals surface area contributed by atoms with Gasteiger partial charge in [0.05, 0.1) is 13.2 Å². The molecule has 94 valence electrons. The highest BCUT2D eigenvalue weighted by Crippen LogP contribution is 1.99. The molecule has 0 spiro atoms. The molecule has 0 amide bonds. The maximum Gasteiger partial charge on any atom is 0.334 e. The van der Waals surface area contributed by atoms with E-state index in [4.69, 9.17) is 9.47 Å². The van der Waals surface area contributed by atoms with Crippen molar-refractivity contribution in [3.05, 3.63) is 12.2 Å². The van der Waals surface area contributed by atoms with Crippen molar-refractivity contribution in [1.82, 2.24) is 5.32 Å². The van der Waals surface area contributed by atoms with Crippen LogP contribution in [-0.2, 0) is 14.3 Å². The average molecular weight is 229 g/mol. The Labute approximate surface area is 98.0 Å². The van der Waals surface area contributed by atoms with Crippen molar-refractivity contribution >= 4 is 5.97 Å². The molecular weight excluding hydrogens is 206 g/mol. The van der Waals surface area contributed by atoms with Crippen molar-refractivity contribution in [2.75, 3.05) is 26.9 Å². The number of methoxy groups -OCH3 is 1. The molecule has 16 heavy (non-hydrogen) atoms. The number of hydrogen-bond donors (Lipinski definition) is 1. The minimum Gasteiger partial charge on any atom is -0.463 e. The van der Waals surface area contributed by atoms with E-state index in [0.717, 1.165) is 12.8 Å². The monoisotopic (exact) mass is 229 g/mol. The van der Waals surface area contributed by atoms with Crippen LogP contribution < -0.4 is 5.32 Å². The fourth-order valence-electron chi connectivity index (χ4n) is 1.37. The summed E-state index contributed by atoms with van der Waals surface area (Å²) in [6, 6.07) is 0.265. The van der Waals surface area contributed by atoms with Crippen LogP contribution in [-0.4, -0.2) is 38.9 Å². The van der Waals surface area contributed by atoms with Crippen molar-refractivity contribution in [3.8, 4) is 0 Å². The highest BCUT2D eigenvalue weighted by atomic mass is 16.5. The molecule has 0 fully saturated rings. The predicted octanol–water partition coefficient (Wildman–Crippen LogP) is 1.51. The molecule has 0 aromatic carbocycles. The van der Waals surface area contributed by atoms with Crippen molar-refractivity contribution < 1.29 is 14.3 Å². The molecule has 0 rings (SSSR count). The van der Waals surface area contributed by atoms with Gasteiger partial charge in [-0.2, -0.15) is 0 Å². The summed E-state index contributed by atoms with van der Waals surface area (Å²) in [6.07, 6.45) is 2.09. The average Bonchev–Trinajstić information content (AvgIpc) is 2.26. The number of esters is 1. The van der Waals surface area contributed by atoms with Gasteiger partial charge in [-0.15, -0.1) is 0 Å². The molecule has 1 unspecified atom stereocenters. The number of ether oxygens (including phenoxy) is 2. The Kier molecular flexibility index (Phi) is 8.85. The quantitative estimate of drug-likeness (QED) is 0.481. The molecule has 4 heteroatoms. The zero-order valence-corrected chi connectivity index (χ0v) is 10.5. The van der Waals surface area contributed by atoms with Gasteiger partial charge in [0.25, 0.3) is 0 Å². The maximum absolute atomic E-state index is 11.3. The van der Waals surface area contributed by atoms with Gasteiger partial charge in [-0.25, -0.2) is 4.79 Å². The normalized spacial score (nSPS) is 12.2. The van der Waals surface area contributed by atoms with Crippen molar-refractivity contribution in [3.63, 3.8) is 0 Å². The second-order valence-electron chi connectivity index (χ2n) is 3.65. The molecule has 0 aliphatic carbocycles. The molecule has 1 N–H and O–H groups in total. The number of carbonyl (C=O) groups is 1. The number of nitrogens with one attached hydrogen (secondary N) is 1. The van der Waals surface area contributed by atoms with Gasteiger partial charge in [-0.05, 0) is 13.3 Å². The molecule has 0 aliphatic heterocycles. The molecule has 1 atom stereocenters. The molecule has 0 aromatic heterocycles. The molecule has 4 nitrogen and oxygen atoms in total. The van der Waals surface area contributed by atoms with Crippen LogP contribution in [0.25, 0.3) is 0 Å². The highest BCUT2D eigenvalue weighted by Gasteiger charge is 2.11. The first-order chi connectivity index (χ1) is 7.65. The van der Waals surface area contributed by atoms with E-state index in [1.807, 2.05) is 0 Å². The minimum atomic E-state index is -0.331. The standard InChI is InChI=1S/C12H23NO3/c1-5-7-11(9-15-4)13-8-10(3)12(14)16-6-2/h11,13H,3,5-9H2,1-2,4H3. The number of hydrogen-bond acceptors (Lipinski definition) is 4. The van der Waals surface area contributed by atoms with Crippen LogP contribution in [0.2, 0.25) is 0 Å². The first-order valence-electron chi connectivity index (χ1n) is 5.72. The van der Waals surface area contributed by atoms with E-state index in [1.54, 1.807) is 14.0 Å². The zero-order chi connectivity index (χ0) is 12.4. The van der Waals surface area contributed by atoms with Crippen LogP contribution in [0.5, 0.6) is 0 Å². The first-order valence-corrected chi connectivity index (χ1v) is 5.72. The summed E-state index contributed by atoms with van der Waals surface area (Å²) in [5.74, 6) is -0.331. The summed E-state index contributed by atoms with van der Waals surface area (Å²) in [7, 11) is 1.67. The molecule has 0 saturated heterocycles. The third kappa shape index (κ3) is 6.58. The smallest absolute Gasteiger partial charge is 0.334 e. The van der Waals surface area contributed by atoms with E-state index in [1.165, 1.54) is 0 Å². The van der Waals surface area contributed by atoms with Gasteiger partial charge in [-0.1, -0.05) is 19.9 Å². The van der Waals surface area contributed by atoms with Gasteiger partial charge >= 0.3 is 5.97 Å². The van der Waals surface area contributed by atoms with Gasteiger partial charge < -0.3 is 14.8 Å². The van der Waals surface area contributed by atoms with Gasteiger partial charge in [-0.3, -0.25) is 0 Å². The molecule has 0 saturated carbocycles. The van der Waals surface area contributed by atoms with Gasteiger partial charge in [0.1, 0.15) is 0 Å². The zero-order valence-electron chi connectivity index (χ0n) is 10.5. The van der Waals surface area contributed by atoms with Crippen molar-refractivity contribution in [2.45, 2.75) is 32.7 Å². The van der Waals surface area contributed by atoms with Crippen molar-refractivity contribution in [2.24, 2.45) is 0 Å². The molecule has 0 bridgehead atoms. The van der Waals surface area contributed by atoms with Crippen LogP contribution in [0.1, 0.15) is 26.7 Å². The molecule has 0 aliphatic rings. The van der Waals surface area contributed by atoms with Gasteiger partial charge in [0.15, 0.2) is 0 Å². The Balaban J connectivity index is 3.89. The molecule has 0 aromatic rings. The third-order valence-electron chi connectivity index (χ3n) is 2.17. The second-order valence-corrected chi connectivity index (χ2v) is 3.65. The lowest BCUT2D eigenvalue weighted by Gasteiger charge is -2.17. The summed E-state index contributed by atoms with van der Waals surface area (Å²) >= 11 is 0. The summed E-state index contributed by atoms with van der Waals surface area (Å²) in [5.41, 5.74) is 0.457. The molecular formula is C12H23NO3. The molecule has 0 heterocycles. The van der Waals surface area contributed by atoms with Gasteiger partial charge in [0, 0.05) is 25.3 Å². The van der Waals surface area contributed by atoms with Crippen LogP contribution in [0.15, 0.2) is 12.2 Å². The lowest BCUT2D eigenvalue weighted by molar-refractivity contribution is -0.138. The number of carbonyl (C=O) groups excluding carboxylic acids is 1. The fourth-order valence-corrected chi connectivity index (χ4v) is 1.37. The van der Waals surface area contributed by atoms with Crippen LogP contribution in [0.4, 0.5) is 0 Å². The van der Waals surface area contributed by atoms with E-state index in [9.17, 15) is 4.79 Å². The largest absolute Gasteiger partial charge is 0.463 e. The van der Waals surface area contributed by atoms with Crippen LogP contribution >= 0.6 is 0 Å².